The molecule has 2 rings (SSSR count). The lowest BCUT2D eigenvalue weighted by molar-refractivity contribution is 0.360. The van der Waals surface area contributed by atoms with Crippen molar-refractivity contribution in [2.24, 2.45) is 5.92 Å². The van der Waals surface area contributed by atoms with Gasteiger partial charge in [0.05, 0.1) is 4.90 Å². The van der Waals surface area contributed by atoms with E-state index in [1.54, 1.807) is 16.4 Å². The number of nitrogens with zero attached hydrogens (tertiary/aromatic N) is 1. The van der Waals surface area contributed by atoms with E-state index in [0.717, 1.165) is 12.8 Å². The van der Waals surface area contributed by atoms with Crippen LogP contribution in [0.1, 0.15) is 26.7 Å². The maximum Gasteiger partial charge on any atom is 0.243 e. The van der Waals surface area contributed by atoms with Crippen LogP contribution in [0.2, 0.25) is 0 Å². The summed E-state index contributed by atoms with van der Waals surface area (Å²) in [7, 11) is -3.44. The molecule has 0 saturated heterocycles. The van der Waals surface area contributed by atoms with Gasteiger partial charge >= 0.3 is 0 Å². The maximum atomic E-state index is 12.7. The number of rotatable bonds is 5. The Morgan fingerprint density at radius 1 is 1.42 bits per heavy atom. The molecule has 1 aromatic rings. The van der Waals surface area contributed by atoms with E-state index < -0.39 is 10.0 Å². The highest BCUT2D eigenvalue weighted by molar-refractivity contribution is 9.10. The third-order valence-electron chi connectivity index (χ3n) is 3.07. The Balaban J connectivity index is 2.35. The lowest BCUT2D eigenvalue weighted by Crippen LogP contribution is -2.36. The first kappa shape index (κ1) is 14.8. The van der Waals surface area contributed by atoms with E-state index in [2.05, 4.69) is 15.9 Å². The van der Waals surface area contributed by atoms with E-state index in [0.29, 0.717) is 22.6 Å². The van der Waals surface area contributed by atoms with Gasteiger partial charge in [0.15, 0.2) is 0 Å². The molecule has 0 spiro atoms. The first-order chi connectivity index (χ1) is 8.82. The zero-order chi connectivity index (χ0) is 14.2. The fraction of sp³-hybridized carbons (Fsp3) is 0.538. The molecular formula is C13H19BrN2O2S. The molecule has 4 nitrogen and oxygen atoms in total. The molecule has 1 saturated carbocycles. The van der Waals surface area contributed by atoms with E-state index in [4.69, 9.17) is 5.73 Å². The quantitative estimate of drug-likeness (QED) is 0.833. The number of nitrogen functional groups attached to an aromatic ring is 1. The average Bonchev–Trinajstić information content (AvgIpc) is 3.13. The van der Waals surface area contributed by atoms with Crippen LogP contribution in [0.15, 0.2) is 27.6 Å². The number of hydrogen-bond acceptors (Lipinski definition) is 3. The summed E-state index contributed by atoms with van der Waals surface area (Å²) in [5.74, 6) is 0.308. The Morgan fingerprint density at radius 3 is 2.53 bits per heavy atom. The molecule has 19 heavy (non-hydrogen) atoms. The Bertz CT molecular complexity index is 568. The van der Waals surface area contributed by atoms with Gasteiger partial charge in [0.2, 0.25) is 10.0 Å². The van der Waals surface area contributed by atoms with Crippen LogP contribution < -0.4 is 5.73 Å². The molecule has 1 fully saturated rings. The molecule has 106 valence electrons. The van der Waals surface area contributed by atoms with Crippen LogP contribution in [0.3, 0.4) is 0 Å². The first-order valence-electron chi connectivity index (χ1n) is 6.39. The molecule has 1 aliphatic rings. The highest BCUT2D eigenvalue weighted by Gasteiger charge is 2.38. The topological polar surface area (TPSA) is 63.4 Å². The largest absolute Gasteiger partial charge is 0.398 e. The van der Waals surface area contributed by atoms with Crippen molar-refractivity contribution in [2.75, 3.05) is 12.3 Å². The van der Waals surface area contributed by atoms with Crippen LogP contribution >= 0.6 is 15.9 Å². The van der Waals surface area contributed by atoms with Gasteiger partial charge in [-0.25, -0.2) is 8.42 Å². The Hall–Kier alpha value is -0.590. The first-order valence-corrected chi connectivity index (χ1v) is 8.62. The molecule has 0 heterocycles. The normalized spacial score (nSPS) is 16.3. The number of nitrogens with two attached hydrogens (primary N) is 1. The molecule has 0 aliphatic heterocycles. The Kier molecular flexibility index (Phi) is 4.23. The van der Waals surface area contributed by atoms with Crippen LogP contribution in [-0.4, -0.2) is 25.3 Å². The van der Waals surface area contributed by atoms with Crippen molar-refractivity contribution >= 4 is 31.6 Å². The second-order valence-electron chi connectivity index (χ2n) is 5.38. The van der Waals surface area contributed by atoms with Crippen LogP contribution in [0.5, 0.6) is 0 Å². The molecule has 0 aromatic heterocycles. The average molecular weight is 347 g/mol. The van der Waals surface area contributed by atoms with Crippen LogP contribution in [0.25, 0.3) is 0 Å². The molecule has 0 atom stereocenters. The number of anilines is 1. The van der Waals surface area contributed by atoms with Gasteiger partial charge in [0, 0.05) is 22.7 Å². The van der Waals surface area contributed by atoms with Gasteiger partial charge in [0.25, 0.3) is 0 Å². The van der Waals surface area contributed by atoms with Crippen molar-refractivity contribution in [1.29, 1.82) is 0 Å². The molecule has 1 aliphatic carbocycles. The highest BCUT2D eigenvalue weighted by Crippen LogP contribution is 2.34. The number of sulfonamides is 1. The second-order valence-corrected chi connectivity index (χ2v) is 8.13. The van der Waals surface area contributed by atoms with Gasteiger partial charge in [-0.3, -0.25) is 0 Å². The Labute approximate surface area is 123 Å². The van der Waals surface area contributed by atoms with Gasteiger partial charge < -0.3 is 5.73 Å². The lowest BCUT2D eigenvalue weighted by Gasteiger charge is -2.24. The van der Waals surface area contributed by atoms with Gasteiger partial charge in [-0.05, 0) is 52.9 Å². The number of halogens is 1. The zero-order valence-corrected chi connectivity index (χ0v) is 13.5. The minimum absolute atomic E-state index is 0.164. The van der Waals surface area contributed by atoms with Crippen molar-refractivity contribution in [1.82, 2.24) is 4.31 Å². The van der Waals surface area contributed by atoms with Crippen LogP contribution in [0.4, 0.5) is 5.69 Å². The molecule has 0 amide bonds. The van der Waals surface area contributed by atoms with Gasteiger partial charge in [-0.2, -0.15) is 4.31 Å². The number of benzene rings is 1. The third-order valence-corrected chi connectivity index (χ3v) is 5.71. The summed E-state index contributed by atoms with van der Waals surface area (Å²) in [6.45, 7) is 4.62. The van der Waals surface area contributed by atoms with Crippen LogP contribution in [0, 0.1) is 5.92 Å². The number of hydrogen-bond donors (Lipinski definition) is 1. The SMILES string of the molecule is CC(C)CN(C1CC1)S(=O)(=O)c1ccc(Br)c(N)c1. The predicted octanol–water partition coefficient (Wildman–Crippen LogP) is 2.84. The van der Waals surface area contributed by atoms with E-state index in [1.807, 2.05) is 13.8 Å². The summed E-state index contributed by atoms with van der Waals surface area (Å²) in [6, 6.07) is 4.97. The summed E-state index contributed by atoms with van der Waals surface area (Å²) < 4.78 is 27.7. The monoisotopic (exact) mass is 346 g/mol. The minimum Gasteiger partial charge on any atom is -0.398 e. The standard InChI is InChI=1S/C13H19BrN2O2S/c1-9(2)8-16(10-3-4-10)19(17,18)11-5-6-12(14)13(15)7-11/h5-7,9-10H,3-4,8,15H2,1-2H3. The van der Waals surface area contributed by atoms with Crippen molar-refractivity contribution in [3.05, 3.63) is 22.7 Å². The van der Waals surface area contributed by atoms with Crippen molar-refractivity contribution in [2.45, 2.75) is 37.6 Å². The molecule has 0 radical (unpaired) electrons. The summed E-state index contributed by atoms with van der Waals surface area (Å²) >= 11 is 3.28. The molecule has 2 N–H and O–H groups in total. The summed E-state index contributed by atoms with van der Waals surface area (Å²) in [5.41, 5.74) is 6.23. The van der Waals surface area contributed by atoms with E-state index >= 15 is 0 Å². The van der Waals surface area contributed by atoms with Crippen LogP contribution in [-0.2, 0) is 10.0 Å². The van der Waals surface area contributed by atoms with Crippen molar-refractivity contribution in [3.63, 3.8) is 0 Å². The Morgan fingerprint density at radius 2 is 2.05 bits per heavy atom. The summed E-state index contributed by atoms with van der Waals surface area (Å²) in [5, 5.41) is 0. The van der Waals surface area contributed by atoms with Gasteiger partial charge in [-0.15, -0.1) is 0 Å². The van der Waals surface area contributed by atoms with E-state index in [9.17, 15) is 8.42 Å². The van der Waals surface area contributed by atoms with Crippen molar-refractivity contribution in [3.8, 4) is 0 Å². The summed E-state index contributed by atoms with van der Waals surface area (Å²) in [6.07, 6.45) is 1.91. The van der Waals surface area contributed by atoms with Gasteiger partial charge in [-0.1, -0.05) is 13.8 Å². The third kappa shape index (κ3) is 3.30. The zero-order valence-electron chi connectivity index (χ0n) is 11.1. The highest BCUT2D eigenvalue weighted by atomic mass is 79.9. The summed E-state index contributed by atoms with van der Waals surface area (Å²) in [4.78, 5) is 0.278. The fourth-order valence-corrected chi connectivity index (χ4v) is 4.11. The minimum atomic E-state index is -3.44. The molecular weight excluding hydrogens is 328 g/mol. The molecule has 0 bridgehead atoms. The molecule has 6 heteroatoms. The predicted molar refractivity (Wildman–Crippen MR) is 80.3 cm³/mol. The molecule has 1 aromatic carbocycles. The van der Waals surface area contributed by atoms with Crippen molar-refractivity contribution < 1.29 is 8.42 Å². The molecule has 0 unspecified atom stereocenters. The smallest absolute Gasteiger partial charge is 0.243 e. The van der Waals surface area contributed by atoms with E-state index in [1.165, 1.54) is 6.07 Å². The van der Waals surface area contributed by atoms with E-state index in [-0.39, 0.29) is 10.9 Å². The second kappa shape index (κ2) is 5.42. The maximum absolute atomic E-state index is 12.7. The lowest BCUT2D eigenvalue weighted by atomic mass is 10.2. The fourth-order valence-electron chi connectivity index (χ4n) is 1.98. The van der Waals surface area contributed by atoms with Gasteiger partial charge in [0.1, 0.15) is 0 Å².